The number of aromatic nitrogens is 2. The fraction of sp³-hybridized carbons (Fsp3) is 0.143. The van der Waals surface area contributed by atoms with Crippen molar-refractivity contribution in [3.05, 3.63) is 84.2 Å². The van der Waals surface area contributed by atoms with Crippen LogP contribution in [0.1, 0.15) is 18.1 Å². The first-order valence-electron chi connectivity index (χ1n) is 7.91. The lowest BCUT2D eigenvalue weighted by Gasteiger charge is -1.98. The van der Waals surface area contributed by atoms with Gasteiger partial charge in [0, 0.05) is 23.2 Å². The predicted octanol–water partition coefficient (Wildman–Crippen LogP) is 5.34. The number of nitrogens with zero attached hydrogens (tertiary/aromatic N) is 2. The summed E-state index contributed by atoms with van der Waals surface area (Å²) in [5.74, 6) is 0. The number of para-hydroxylation sites is 2. The summed E-state index contributed by atoms with van der Waals surface area (Å²) in [6, 6.07) is 20.7. The zero-order valence-corrected chi connectivity index (χ0v) is 13.5. The van der Waals surface area contributed by atoms with E-state index in [0.29, 0.717) is 0 Å². The Labute approximate surface area is 136 Å². The van der Waals surface area contributed by atoms with Crippen LogP contribution in [0, 0.1) is 6.92 Å². The van der Waals surface area contributed by atoms with E-state index in [0.717, 1.165) is 17.5 Å². The van der Waals surface area contributed by atoms with Crippen LogP contribution in [0.5, 0.6) is 0 Å². The monoisotopic (exact) mass is 300 g/mol. The first-order chi connectivity index (χ1) is 11.3. The molecule has 0 aliphatic heterocycles. The maximum atomic E-state index is 4.35. The molecule has 2 heteroatoms. The zero-order chi connectivity index (χ0) is 16.1. The van der Waals surface area contributed by atoms with Crippen LogP contribution in [-0.2, 0) is 6.42 Å². The maximum absolute atomic E-state index is 4.35. The Morgan fingerprint density at radius 3 is 1.96 bits per heavy atom. The summed E-state index contributed by atoms with van der Waals surface area (Å²) in [5.41, 5.74) is 4.66. The number of benzene rings is 2. The highest BCUT2D eigenvalue weighted by molar-refractivity contribution is 5.79. The molecule has 4 rings (SSSR count). The molecule has 0 aliphatic rings. The molecule has 0 saturated carbocycles. The number of fused-ring (bicyclic) bond motifs is 2. The molecule has 114 valence electrons. The second-order valence-electron chi connectivity index (χ2n) is 5.60. The van der Waals surface area contributed by atoms with E-state index in [1.807, 2.05) is 48.8 Å². The normalized spacial score (nSPS) is 10.3. The lowest BCUT2D eigenvalue weighted by molar-refractivity contribution is 1.12. The molecule has 0 amide bonds. The van der Waals surface area contributed by atoms with Gasteiger partial charge >= 0.3 is 0 Å². The Kier molecular flexibility index (Phi) is 4.62. The van der Waals surface area contributed by atoms with Gasteiger partial charge in [0.2, 0.25) is 0 Å². The maximum Gasteiger partial charge on any atom is 0.0702 e. The van der Waals surface area contributed by atoms with E-state index in [2.05, 4.69) is 48.1 Å². The molecular weight excluding hydrogens is 280 g/mol. The largest absolute Gasteiger partial charge is 0.256 e. The van der Waals surface area contributed by atoms with Crippen molar-refractivity contribution in [3.8, 4) is 0 Å². The summed E-state index contributed by atoms with van der Waals surface area (Å²) in [4.78, 5) is 8.63. The van der Waals surface area contributed by atoms with Crippen LogP contribution < -0.4 is 0 Å². The highest BCUT2D eigenvalue weighted by Crippen LogP contribution is 2.12. The second-order valence-corrected chi connectivity index (χ2v) is 5.60. The van der Waals surface area contributed by atoms with Crippen molar-refractivity contribution < 1.29 is 0 Å². The van der Waals surface area contributed by atoms with E-state index in [9.17, 15) is 0 Å². The molecule has 0 spiro atoms. The second kappa shape index (κ2) is 7.01. The highest BCUT2D eigenvalue weighted by Gasteiger charge is 1.94. The van der Waals surface area contributed by atoms with Crippen LogP contribution in [0.25, 0.3) is 21.8 Å². The molecule has 0 fully saturated rings. The Balaban J connectivity index is 0.000000136. The van der Waals surface area contributed by atoms with Crippen LogP contribution in [-0.4, -0.2) is 9.97 Å². The van der Waals surface area contributed by atoms with Gasteiger partial charge in [-0.25, -0.2) is 0 Å². The van der Waals surface area contributed by atoms with Gasteiger partial charge in [-0.05, 0) is 48.7 Å². The number of aryl methyl sites for hydroxylation is 2. The Hall–Kier alpha value is -2.74. The van der Waals surface area contributed by atoms with Crippen molar-refractivity contribution in [1.29, 1.82) is 0 Å². The average molecular weight is 300 g/mol. The van der Waals surface area contributed by atoms with Gasteiger partial charge in [-0.3, -0.25) is 9.97 Å². The molecule has 0 unspecified atom stereocenters. The lowest BCUT2D eigenvalue weighted by Crippen LogP contribution is -1.83. The van der Waals surface area contributed by atoms with E-state index < -0.39 is 0 Å². The molecule has 2 heterocycles. The SMILES string of the molecule is CCc1cnc2ccccc2c1.Cc1cnc2ccccc2c1. The summed E-state index contributed by atoms with van der Waals surface area (Å²) in [6.07, 6.45) is 4.89. The third-order valence-corrected chi connectivity index (χ3v) is 3.78. The molecule has 2 nitrogen and oxygen atoms in total. The van der Waals surface area contributed by atoms with E-state index in [1.54, 1.807) is 0 Å². The fourth-order valence-electron chi connectivity index (χ4n) is 2.49. The van der Waals surface area contributed by atoms with Gasteiger partial charge in [0.1, 0.15) is 0 Å². The van der Waals surface area contributed by atoms with E-state index in [-0.39, 0.29) is 0 Å². The number of hydrogen-bond donors (Lipinski definition) is 0. The topological polar surface area (TPSA) is 25.8 Å². The summed E-state index contributed by atoms with van der Waals surface area (Å²) >= 11 is 0. The summed E-state index contributed by atoms with van der Waals surface area (Å²) in [5, 5.41) is 2.45. The van der Waals surface area contributed by atoms with Crippen LogP contribution in [0.2, 0.25) is 0 Å². The van der Waals surface area contributed by atoms with Crippen molar-refractivity contribution in [2.75, 3.05) is 0 Å². The van der Waals surface area contributed by atoms with E-state index in [1.165, 1.54) is 21.9 Å². The Morgan fingerprint density at radius 2 is 1.30 bits per heavy atom. The van der Waals surface area contributed by atoms with Crippen LogP contribution in [0.4, 0.5) is 0 Å². The fourth-order valence-corrected chi connectivity index (χ4v) is 2.49. The Bertz CT molecular complexity index is 929. The molecule has 0 radical (unpaired) electrons. The number of hydrogen-bond acceptors (Lipinski definition) is 2. The van der Waals surface area contributed by atoms with Crippen molar-refractivity contribution in [2.45, 2.75) is 20.3 Å². The summed E-state index contributed by atoms with van der Waals surface area (Å²) < 4.78 is 0. The van der Waals surface area contributed by atoms with Gasteiger partial charge in [-0.2, -0.15) is 0 Å². The van der Waals surface area contributed by atoms with Gasteiger partial charge in [0.25, 0.3) is 0 Å². The summed E-state index contributed by atoms with van der Waals surface area (Å²) in [7, 11) is 0. The minimum Gasteiger partial charge on any atom is -0.256 e. The number of rotatable bonds is 1. The van der Waals surface area contributed by atoms with Crippen molar-refractivity contribution >= 4 is 21.8 Å². The van der Waals surface area contributed by atoms with E-state index in [4.69, 9.17) is 0 Å². The lowest BCUT2D eigenvalue weighted by atomic mass is 10.1. The average Bonchev–Trinajstić information content (AvgIpc) is 2.61. The van der Waals surface area contributed by atoms with Crippen LogP contribution in [0.3, 0.4) is 0 Å². The zero-order valence-electron chi connectivity index (χ0n) is 13.5. The molecule has 2 aromatic carbocycles. The van der Waals surface area contributed by atoms with Gasteiger partial charge in [-0.1, -0.05) is 43.3 Å². The molecule has 0 atom stereocenters. The first-order valence-corrected chi connectivity index (χ1v) is 7.91. The molecular formula is C21H20N2. The van der Waals surface area contributed by atoms with Gasteiger partial charge in [-0.15, -0.1) is 0 Å². The minimum atomic E-state index is 1.05. The van der Waals surface area contributed by atoms with Crippen molar-refractivity contribution in [3.63, 3.8) is 0 Å². The smallest absolute Gasteiger partial charge is 0.0702 e. The van der Waals surface area contributed by atoms with Gasteiger partial charge in [0.15, 0.2) is 0 Å². The standard InChI is InChI=1S/C11H11N.C10H9N/c1-2-9-7-10-5-3-4-6-11(10)12-8-9;1-8-6-9-4-2-3-5-10(9)11-7-8/h3-8H,2H2,1H3;2-7H,1H3. The Morgan fingerprint density at radius 1 is 0.739 bits per heavy atom. The minimum absolute atomic E-state index is 1.05. The molecule has 0 saturated heterocycles. The molecule has 0 N–H and O–H groups in total. The predicted molar refractivity (Wildman–Crippen MR) is 97.6 cm³/mol. The molecule has 4 aromatic rings. The first kappa shape index (κ1) is 15.2. The summed E-state index contributed by atoms with van der Waals surface area (Å²) in [6.45, 7) is 4.20. The van der Waals surface area contributed by atoms with Gasteiger partial charge in [0.05, 0.1) is 11.0 Å². The molecule has 0 bridgehead atoms. The van der Waals surface area contributed by atoms with Crippen LogP contribution in [0.15, 0.2) is 73.1 Å². The third kappa shape index (κ3) is 3.72. The molecule has 0 aliphatic carbocycles. The van der Waals surface area contributed by atoms with Crippen molar-refractivity contribution in [1.82, 2.24) is 9.97 Å². The number of pyridine rings is 2. The third-order valence-electron chi connectivity index (χ3n) is 3.78. The van der Waals surface area contributed by atoms with Gasteiger partial charge < -0.3 is 0 Å². The highest BCUT2D eigenvalue weighted by atomic mass is 14.6. The molecule has 23 heavy (non-hydrogen) atoms. The van der Waals surface area contributed by atoms with Crippen LogP contribution >= 0.6 is 0 Å². The van der Waals surface area contributed by atoms with E-state index >= 15 is 0 Å². The van der Waals surface area contributed by atoms with Crippen molar-refractivity contribution in [2.24, 2.45) is 0 Å². The molecule has 2 aromatic heterocycles. The quantitative estimate of drug-likeness (QED) is 0.474.